The van der Waals surface area contributed by atoms with E-state index in [4.69, 9.17) is 0 Å². The summed E-state index contributed by atoms with van der Waals surface area (Å²) in [5.41, 5.74) is 1.46. The van der Waals surface area contributed by atoms with Crippen molar-refractivity contribution in [2.75, 3.05) is 26.2 Å². The maximum atomic E-state index is 3.40. The lowest BCUT2D eigenvalue weighted by atomic mass is 10.0. The second-order valence-electron chi connectivity index (χ2n) is 4.12. The minimum absolute atomic E-state index is 0.605. The molecule has 1 aliphatic rings. The molecule has 0 saturated carbocycles. The topological polar surface area (TPSA) is 15.3 Å². The lowest BCUT2D eigenvalue weighted by Crippen LogP contribution is -2.45. The smallest absolute Gasteiger partial charge is 0.0346 e. The fourth-order valence-corrected chi connectivity index (χ4v) is 2.37. The molecule has 2 heteroatoms. The molecule has 1 aromatic carbocycles. The van der Waals surface area contributed by atoms with Crippen LogP contribution in [0.25, 0.3) is 0 Å². The first-order valence-electron chi connectivity index (χ1n) is 5.91. The first kappa shape index (κ1) is 10.7. The number of hydrogen-bond acceptors (Lipinski definition) is 2. The Morgan fingerprint density at radius 1 is 1.20 bits per heavy atom. The molecule has 0 amide bonds. The molecule has 2 rings (SSSR count). The molecule has 1 atom stereocenters. The van der Waals surface area contributed by atoms with E-state index < -0.39 is 0 Å². The van der Waals surface area contributed by atoms with Gasteiger partial charge in [0, 0.05) is 32.2 Å². The van der Waals surface area contributed by atoms with Crippen molar-refractivity contribution < 1.29 is 0 Å². The molecule has 0 bridgehead atoms. The molecule has 1 aromatic rings. The van der Waals surface area contributed by atoms with Crippen LogP contribution in [0.15, 0.2) is 30.3 Å². The van der Waals surface area contributed by atoms with Gasteiger partial charge in [0.15, 0.2) is 0 Å². The number of benzene rings is 1. The van der Waals surface area contributed by atoms with Crippen LogP contribution in [0.2, 0.25) is 0 Å². The SMILES string of the molecule is CC[C@H](c1ccccc1)N1CCNCC1. The van der Waals surface area contributed by atoms with Crippen molar-refractivity contribution in [2.45, 2.75) is 19.4 Å². The van der Waals surface area contributed by atoms with Crippen LogP contribution in [0.3, 0.4) is 0 Å². The summed E-state index contributed by atoms with van der Waals surface area (Å²) < 4.78 is 0. The largest absolute Gasteiger partial charge is 0.314 e. The average Bonchev–Trinajstić information content (AvgIpc) is 2.33. The van der Waals surface area contributed by atoms with E-state index in [2.05, 4.69) is 47.5 Å². The minimum atomic E-state index is 0.605. The Balaban J connectivity index is 2.09. The Kier molecular flexibility index (Phi) is 3.75. The monoisotopic (exact) mass is 204 g/mol. The van der Waals surface area contributed by atoms with E-state index in [1.54, 1.807) is 0 Å². The Morgan fingerprint density at radius 2 is 1.87 bits per heavy atom. The quantitative estimate of drug-likeness (QED) is 0.810. The maximum absolute atomic E-state index is 3.40. The lowest BCUT2D eigenvalue weighted by Gasteiger charge is -2.34. The third-order valence-corrected chi connectivity index (χ3v) is 3.16. The summed E-state index contributed by atoms with van der Waals surface area (Å²) >= 11 is 0. The molecule has 2 nitrogen and oxygen atoms in total. The highest BCUT2D eigenvalue weighted by molar-refractivity contribution is 5.19. The summed E-state index contributed by atoms with van der Waals surface area (Å²) in [5.74, 6) is 0. The van der Waals surface area contributed by atoms with Crippen molar-refractivity contribution in [1.82, 2.24) is 10.2 Å². The Bertz CT molecular complexity index is 278. The molecule has 15 heavy (non-hydrogen) atoms. The molecule has 82 valence electrons. The summed E-state index contributed by atoms with van der Waals surface area (Å²) in [7, 11) is 0. The molecular weight excluding hydrogens is 184 g/mol. The first-order valence-corrected chi connectivity index (χ1v) is 5.91. The zero-order chi connectivity index (χ0) is 10.5. The summed E-state index contributed by atoms with van der Waals surface area (Å²) in [4.78, 5) is 2.59. The highest BCUT2D eigenvalue weighted by Crippen LogP contribution is 2.23. The predicted octanol–water partition coefficient (Wildman–Crippen LogP) is 2.04. The van der Waals surface area contributed by atoms with E-state index in [0.717, 1.165) is 13.1 Å². The van der Waals surface area contributed by atoms with Crippen LogP contribution >= 0.6 is 0 Å². The number of rotatable bonds is 3. The molecule has 1 N–H and O–H groups in total. The van der Waals surface area contributed by atoms with Crippen molar-refractivity contribution in [2.24, 2.45) is 0 Å². The first-order chi connectivity index (χ1) is 7.42. The van der Waals surface area contributed by atoms with Gasteiger partial charge in [0.1, 0.15) is 0 Å². The number of piperazine rings is 1. The average molecular weight is 204 g/mol. The fourth-order valence-electron chi connectivity index (χ4n) is 2.37. The highest BCUT2D eigenvalue weighted by atomic mass is 15.2. The summed E-state index contributed by atoms with van der Waals surface area (Å²) in [6.45, 7) is 6.88. The molecule has 0 spiro atoms. The normalized spacial score (nSPS) is 20.1. The zero-order valence-electron chi connectivity index (χ0n) is 9.45. The Hall–Kier alpha value is -0.860. The lowest BCUT2D eigenvalue weighted by molar-refractivity contribution is 0.169. The van der Waals surface area contributed by atoms with Crippen molar-refractivity contribution in [3.8, 4) is 0 Å². The molecule has 0 radical (unpaired) electrons. The number of nitrogens with zero attached hydrogens (tertiary/aromatic N) is 1. The number of nitrogens with one attached hydrogen (secondary N) is 1. The van der Waals surface area contributed by atoms with Gasteiger partial charge in [0.05, 0.1) is 0 Å². The van der Waals surface area contributed by atoms with Crippen molar-refractivity contribution in [1.29, 1.82) is 0 Å². The molecule has 0 unspecified atom stereocenters. The van der Waals surface area contributed by atoms with Crippen LogP contribution in [0.5, 0.6) is 0 Å². The van der Waals surface area contributed by atoms with E-state index >= 15 is 0 Å². The van der Waals surface area contributed by atoms with Gasteiger partial charge < -0.3 is 5.32 Å². The van der Waals surface area contributed by atoms with Crippen LogP contribution in [-0.2, 0) is 0 Å². The van der Waals surface area contributed by atoms with Crippen molar-refractivity contribution in [3.63, 3.8) is 0 Å². The van der Waals surface area contributed by atoms with Gasteiger partial charge in [-0.1, -0.05) is 37.3 Å². The van der Waals surface area contributed by atoms with E-state index in [0.29, 0.717) is 6.04 Å². The van der Waals surface area contributed by atoms with Gasteiger partial charge in [0.2, 0.25) is 0 Å². The van der Waals surface area contributed by atoms with Gasteiger partial charge in [-0.25, -0.2) is 0 Å². The predicted molar refractivity (Wildman–Crippen MR) is 63.9 cm³/mol. The summed E-state index contributed by atoms with van der Waals surface area (Å²) in [6, 6.07) is 11.5. The molecule has 0 aliphatic carbocycles. The third-order valence-electron chi connectivity index (χ3n) is 3.16. The molecule has 0 aromatic heterocycles. The van der Waals surface area contributed by atoms with Crippen molar-refractivity contribution >= 4 is 0 Å². The zero-order valence-corrected chi connectivity index (χ0v) is 9.45. The molecule has 1 aliphatic heterocycles. The Morgan fingerprint density at radius 3 is 2.47 bits per heavy atom. The van der Waals surface area contributed by atoms with Gasteiger partial charge >= 0.3 is 0 Å². The van der Waals surface area contributed by atoms with Crippen molar-refractivity contribution in [3.05, 3.63) is 35.9 Å². The van der Waals surface area contributed by atoms with Crippen LogP contribution < -0.4 is 5.32 Å². The van der Waals surface area contributed by atoms with E-state index in [1.807, 2.05) is 0 Å². The van der Waals surface area contributed by atoms with Gasteiger partial charge in [-0.2, -0.15) is 0 Å². The maximum Gasteiger partial charge on any atom is 0.0346 e. The molecule has 1 heterocycles. The van der Waals surface area contributed by atoms with Gasteiger partial charge in [0.25, 0.3) is 0 Å². The summed E-state index contributed by atoms with van der Waals surface area (Å²) in [5, 5.41) is 3.40. The van der Waals surface area contributed by atoms with Crippen LogP contribution in [0.4, 0.5) is 0 Å². The van der Waals surface area contributed by atoms with Crippen LogP contribution in [-0.4, -0.2) is 31.1 Å². The van der Waals surface area contributed by atoms with E-state index in [-0.39, 0.29) is 0 Å². The van der Waals surface area contributed by atoms with E-state index in [9.17, 15) is 0 Å². The standard InChI is InChI=1S/C13H20N2/c1-2-13(12-6-4-3-5-7-12)15-10-8-14-9-11-15/h3-7,13-14H,2,8-11H2,1H3/t13-/m1/s1. The van der Waals surface area contributed by atoms with Gasteiger partial charge in [-0.15, -0.1) is 0 Å². The molecule has 1 fully saturated rings. The second kappa shape index (κ2) is 5.29. The van der Waals surface area contributed by atoms with E-state index in [1.165, 1.54) is 25.1 Å². The summed E-state index contributed by atoms with van der Waals surface area (Å²) in [6.07, 6.45) is 1.20. The van der Waals surface area contributed by atoms with Gasteiger partial charge in [-0.05, 0) is 12.0 Å². The fraction of sp³-hybridized carbons (Fsp3) is 0.538. The van der Waals surface area contributed by atoms with Gasteiger partial charge in [-0.3, -0.25) is 4.90 Å². The molecule has 1 saturated heterocycles. The molecular formula is C13H20N2. The number of hydrogen-bond donors (Lipinski definition) is 1. The minimum Gasteiger partial charge on any atom is -0.314 e. The van der Waals surface area contributed by atoms with Crippen LogP contribution in [0.1, 0.15) is 24.9 Å². The van der Waals surface area contributed by atoms with Crippen LogP contribution in [0, 0.1) is 0 Å². The third kappa shape index (κ3) is 2.58. The highest BCUT2D eigenvalue weighted by Gasteiger charge is 2.19. The second-order valence-corrected chi connectivity index (χ2v) is 4.12. The Labute approximate surface area is 92.3 Å².